The number of carboxylic acid groups (broad SMARTS) is 1. The van der Waals surface area contributed by atoms with Crippen molar-refractivity contribution in [3.05, 3.63) is 0 Å². The second kappa shape index (κ2) is 6.00. The van der Waals surface area contributed by atoms with E-state index in [1.54, 1.807) is 6.92 Å². The molecule has 0 heterocycles. The van der Waals surface area contributed by atoms with Crippen LogP contribution in [0.1, 0.15) is 45.4 Å². The Bertz CT molecular complexity index is 284. The summed E-state index contributed by atoms with van der Waals surface area (Å²) in [5.74, 6) is -1.15. The van der Waals surface area contributed by atoms with Crippen LogP contribution in [0, 0.1) is 5.41 Å². The fourth-order valence-electron chi connectivity index (χ4n) is 2.37. The quantitative estimate of drug-likeness (QED) is 0.670. The summed E-state index contributed by atoms with van der Waals surface area (Å²) in [5, 5.41) is 20.7. The van der Waals surface area contributed by atoms with E-state index in [1.165, 1.54) is 0 Å². The zero-order valence-electron chi connectivity index (χ0n) is 10.2. The van der Waals surface area contributed by atoms with Crippen molar-refractivity contribution in [1.82, 2.24) is 5.32 Å². The summed E-state index contributed by atoms with van der Waals surface area (Å²) < 4.78 is 0. The fourth-order valence-corrected chi connectivity index (χ4v) is 2.37. The minimum Gasteiger partial charge on any atom is -0.481 e. The van der Waals surface area contributed by atoms with Gasteiger partial charge in [0.2, 0.25) is 5.91 Å². The normalized spacial score (nSPS) is 20.6. The largest absolute Gasteiger partial charge is 0.481 e. The van der Waals surface area contributed by atoms with Crippen LogP contribution in [0.25, 0.3) is 0 Å². The van der Waals surface area contributed by atoms with Crippen molar-refractivity contribution in [2.45, 2.75) is 51.5 Å². The third kappa shape index (κ3) is 3.70. The molecule has 0 bridgehead atoms. The maximum Gasteiger partial charge on any atom is 0.310 e. The van der Waals surface area contributed by atoms with Crippen LogP contribution in [-0.4, -0.2) is 34.7 Å². The van der Waals surface area contributed by atoms with Crippen LogP contribution in [0.4, 0.5) is 0 Å². The highest BCUT2D eigenvalue weighted by atomic mass is 16.4. The molecule has 1 amide bonds. The van der Waals surface area contributed by atoms with Crippen molar-refractivity contribution in [1.29, 1.82) is 0 Å². The summed E-state index contributed by atoms with van der Waals surface area (Å²) in [5.41, 5.74) is -0.891. The molecule has 0 radical (unpaired) electrons. The van der Waals surface area contributed by atoms with Crippen molar-refractivity contribution in [2.75, 3.05) is 6.61 Å². The van der Waals surface area contributed by atoms with Crippen molar-refractivity contribution in [2.24, 2.45) is 5.41 Å². The second-order valence-corrected chi connectivity index (χ2v) is 4.97. The molecule has 3 N–H and O–H groups in total. The van der Waals surface area contributed by atoms with Gasteiger partial charge in [0.05, 0.1) is 12.0 Å². The van der Waals surface area contributed by atoms with E-state index in [0.717, 1.165) is 19.3 Å². The number of carboxylic acids is 1. The lowest BCUT2D eigenvalue weighted by Gasteiger charge is -2.32. The molecule has 1 fully saturated rings. The summed E-state index contributed by atoms with van der Waals surface area (Å²) in [4.78, 5) is 23.0. The van der Waals surface area contributed by atoms with Gasteiger partial charge in [-0.2, -0.15) is 0 Å². The monoisotopic (exact) mass is 243 g/mol. The number of hydrogen-bond acceptors (Lipinski definition) is 3. The molecular formula is C12H21NO4. The van der Waals surface area contributed by atoms with E-state index in [2.05, 4.69) is 5.32 Å². The Hall–Kier alpha value is -1.10. The van der Waals surface area contributed by atoms with Gasteiger partial charge < -0.3 is 15.5 Å². The molecule has 1 atom stereocenters. The van der Waals surface area contributed by atoms with E-state index in [1.807, 2.05) is 0 Å². The Morgan fingerprint density at radius 3 is 2.35 bits per heavy atom. The van der Waals surface area contributed by atoms with Crippen LogP contribution in [0.15, 0.2) is 0 Å². The average molecular weight is 243 g/mol. The van der Waals surface area contributed by atoms with Gasteiger partial charge in [-0.15, -0.1) is 0 Å². The second-order valence-electron chi connectivity index (χ2n) is 4.97. The standard InChI is InChI=1S/C12H21NO4/c1-9(8-14)13-10(15)7-12(11(16)17)5-3-2-4-6-12/h9,14H,2-8H2,1H3,(H,13,15)(H,16,17). The van der Waals surface area contributed by atoms with Gasteiger partial charge in [0.1, 0.15) is 0 Å². The number of aliphatic carboxylic acids is 1. The highest BCUT2D eigenvalue weighted by molar-refractivity contribution is 5.85. The van der Waals surface area contributed by atoms with Gasteiger partial charge in [-0.05, 0) is 19.8 Å². The Kier molecular flexibility index (Phi) is 4.93. The van der Waals surface area contributed by atoms with Crippen LogP contribution in [-0.2, 0) is 9.59 Å². The molecule has 5 nitrogen and oxygen atoms in total. The van der Waals surface area contributed by atoms with Gasteiger partial charge in [-0.1, -0.05) is 19.3 Å². The van der Waals surface area contributed by atoms with Crippen LogP contribution < -0.4 is 5.32 Å². The number of carbonyl (C=O) groups is 2. The van der Waals surface area contributed by atoms with E-state index >= 15 is 0 Å². The highest BCUT2D eigenvalue weighted by Gasteiger charge is 2.41. The van der Waals surface area contributed by atoms with Crippen molar-refractivity contribution in [3.8, 4) is 0 Å². The predicted molar refractivity (Wildman–Crippen MR) is 62.5 cm³/mol. The third-order valence-corrected chi connectivity index (χ3v) is 3.44. The first-order valence-electron chi connectivity index (χ1n) is 6.14. The number of nitrogens with one attached hydrogen (secondary N) is 1. The molecule has 17 heavy (non-hydrogen) atoms. The van der Waals surface area contributed by atoms with Gasteiger partial charge in [-0.25, -0.2) is 0 Å². The van der Waals surface area contributed by atoms with E-state index in [4.69, 9.17) is 5.11 Å². The average Bonchev–Trinajstić information content (AvgIpc) is 2.29. The van der Waals surface area contributed by atoms with Gasteiger partial charge in [0, 0.05) is 12.5 Å². The predicted octanol–water partition coefficient (Wildman–Crippen LogP) is 0.909. The molecule has 1 aliphatic carbocycles. The van der Waals surface area contributed by atoms with E-state index in [0.29, 0.717) is 12.8 Å². The lowest BCUT2D eigenvalue weighted by Crippen LogP contribution is -2.42. The molecule has 0 aromatic heterocycles. The molecule has 0 aliphatic heterocycles. The number of hydrogen-bond donors (Lipinski definition) is 3. The van der Waals surface area contributed by atoms with Gasteiger partial charge in [0.15, 0.2) is 0 Å². The summed E-state index contributed by atoms with van der Waals surface area (Å²) in [7, 11) is 0. The van der Waals surface area contributed by atoms with Crippen LogP contribution in [0.3, 0.4) is 0 Å². The smallest absolute Gasteiger partial charge is 0.310 e. The minimum atomic E-state index is -0.891. The number of aliphatic hydroxyl groups is 1. The molecule has 1 unspecified atom stereocenters. The van der Waals surface area contributed by atoms with Gasteiger partial charge in [0.25, 0.3) is 0 Å². The number of aliphatic hydroxyl groups excluding tert-OH is 1. The van der Waals surface area contributed by atoms with Crippen molar-refractivity contribution < 1.29 is 19.8 Å². The van der Waals surface area contributed by atoms with Gasteiger partial charge >= 0.3 is 5.97 Å². The van der Waals surface area contributed by atoms with E-state index in [-0.39, 0.29) is 25.0 Å². The number of amides is 1. The summed E-state index contributed by atoms with van der Waals surface area (Å²) in [6.07, 6.45) is 3.95. The maximum absolute atomic E-state index is 11.7. The first-order chi connectivity index (χ1) is 8.00. The first kappa shape index (κ1) is 14.0. The molecule has 0 spiro atoms. The summed E-state index contributed by atoms with van der Waals surface area (Å²) >= 11 is 0. The molecule has 98 valence electrons. The Morgan fingerprint density at radius 2 is 1.88 bits per heavy atom. The number of carbonyl (C=O) groups excluding carboxylic acids is 1. The lowest BCUT2D eigenvalue weighted by molar-refractivity contribution is -0.154. The minimum absolute atomic E-state index is 0.0205. The Labute approximate surface area is 101 Å². The molecule has 0 saturated heterocycles. The van der Waals surface area contributed by atoms with Crippen molar-refractivity contribution >= 4 is 11.9 Å². The fraction of sp³-hybridized carbons (Fsp3) is 0.833. The molecule has 0 aromatic carbocycles. The first-order valence-corrected chi connectivity index (χ1v) is 6.14. The zero-order valence-corrected chi connectivity index (χ0v) is 10.2. The topological polar surface area (TPSA) is 86.6 Å². The van der Waals surface area contributed by atoms with E-state index in [9.17, 15) is 14.7 Å². The third-order valence-electron chi connectivity index (χ3n) is 3.44. The lowest BCUT2D eigenvalue weighted by atomic mass is 9.71. The highest BCUT2D eigenvalue weighted by Crippen LogP contribution is 2.39. The molecule has 1 saturated carbocycles. The van der Waals surface area contributed by atoms with E-state index < -0.39 is 11.4 Å². The summed E-state index contributed by atoms with van der Waals surface area (Å²) in [6.45, 7) is 1.55. The Balaban J connectivity index is 2.60. The van der Waals surface area contributed by atoms with Crippen molar-refractivity contribution in [3.63, 3.8) is 0 Å². The van der Waals surface area contributed by atoms with Gasteiger partial charge in [-0.3, -0.25) is 9.59 Å². The van der Waals surface area contributed by atoms with Crippen LogP contribution in [0.5, 0.6) is 0 Å². The summed E-state index contributed by atoms with van der Waals surface area (Å²) in [6, 6.07) is -0.322. The SMILES string of the molecule is CC(CO)NC(=O)CC1(C(=O)O)CCCCC1. The Morgan fingerprint density at radius 1 is 1.29 bits per heavy atom. The molecule has 1 rings (SSSR count). The number of rotatable bonds is 5. The molecule has 1 aliphatic rings. The molecular weight excluding hydrogens is 222 g/mol. The zero-order chi connectivity index (χ0) is 12.9. The molecule has 0 aromatic rings. The maximum atomic E-state index is 11.7. The van der Waals surface area contributed by atoms with Crippen LogP contribution in [0.2, 0.25) is 0 Å². The molecule has 5 heteroatoms. The van der Waals surface area contributed by atoms with Crippen LogP contribution >= 0.6 is 0 Å².